The number of aliphatic hydroxyl groups is 1. The minimum atomic E-state index is 0.153. The summed E-state index contributed by atoms with van der Waals surface area (Å²) in [5, 5.41) is 9.14. The van der Waals surface area contributed by atoms with E-state index in [-0.39, 0.29) is 6.61 Å². The summed E-state index contributed by atoms with van der Waals surface area (Å²) in [4.78, 5) is 5.14. The van der Waals surface area contributed by atoms with Gasteiger partial charge in [-0.05, 0) is 43.8 Å². The number of hydrogen-bond donors (Lipinski definition) is 1. The number of hydrogen-bond acceptors (Lipinski definition) is 3. The Kier molecular flexibility index (Phi) is 9.16. The summed E-state index contributed by atoms with van der Waals surface area (Å²) in [6, 6.07) is 0. The van der Waals surface area contributed by atoms with Crippen LogP contribution < -0.4 is 0 Å². The number of rotatable bonds is 10. The highest BCUT2D eigenvalue weighted by atomic mass is 16.3. The van der Waals surface area contributed by atoms with Gasteiger partial charge in [0.15, 0.2) is 0 Å². The van der Waals surface area contributed by atoms with Crippen LogP contribution in [0.2, 0.25) is 0 Å². The van der Waals surface area contributed by atoms with Crippen molar-refractivity contribution in [3.63, 3.8) is 0 Å². The van der Waals surface area contributed by atoms with E-state index >= 15 is 0 Å². The molecule has 1 saturated heterocycles. The maximum atomic E-state index is 9.14. The van der Waals surface area contributed by atoms with Gasteiger partial charge in [-0.15, -0.1) is 0 Å². The third-order valence-corrected chi connectivity index (χ3v) is 4.71. The molecule has 1 fully saturated rings. The van der Waals surface area contributed by atoms with Gasteiger partial charge in [-0.25, -0.2) is 0 Å². The molecule has 0 aromatic rings. The molecule has 1 heterocycles. The number of nitrogens with zero attached hydrogens (tertiary/aromatic N) is 2. The zero-order chi connectivity index (χ0) is 14.8. The van der Waals surface area contributed by atoms with Crippen molar-refractivity contribution in [3.8, 4) is 0 Å². The Morgan fingerprint density at radius 3 is 2.25 bits per heavy atom. The fraction of sp³-hybridized carbons (Fsp3) is 0.882. The first-order valence-corrected chi connectivity index (χ1v) is 8.44. The van der Waals surface area contributed by atoms with E-state index in [1.807, 2.05) is 0 Å². The van der Waals surface area contributed by atoms with Crippen molar-refractivity contribution in [2.45, 2.75) is 46.0 Å². The lowest BCUT2D eigenvalue weighted by atomic mass is 9.92. The SMILES string of the molecule is C=C(CO)[C@H](CC)CCCCCN1CCN(CC)CC1. The number of unbranched alkanes of at least 4 members (excludes halogenated alkanes) is 2. The molecule has 0 bridgehead atoms. The fourth-order valence-electron chi connectivity index (χ4n) is 3.06. The van der Waals surface area contributed by atoms with Gasteiger partial charge >= 0.3 is 0 Å². The van der Waals surface area contributed by atoms with Gasteiger partial charge in [0.05, 0.1) is 6.61 Å². The van der Waals surface area contributed by atoms with Crippen LogP contribution in [0.25, 0.3) is 0 Å². The van der Waals surface area contributed by atoms with E-state index in [2.05, 4.69) is 30.2 Å². The quantitative estimate of drug-likeness (QED) is 0.493. The summed E-state index contributed by atoms with van der Waals surface area (Å²) in [5.41, 5.74) is 1.02. The molecule has 3 nitrogen and oxygen atoms in total. The van der Waals surface area contributed by atoms with Crippen LogP contribution in [0.3, 0.4) is 0 Å². The van der Waals surface area contributed by atoms with Crippen LogP contribution in [-0.2, 0) is 0 Å². The second-order valence-electron chi connectivity index (χ2n) is 6.05. The monoisotopic (exact) mass is 282 g/mol. The minimum absolute atomic E-state index is 0.153. The number of aliphatic hydroxyl groups excluding tert-OH is 1. The summed E-state index contributed by atoms with van der Waals surface area (Å²) < 4.78 is 0. The Morgan fingerprint density at radius 2 is 1.70 bits per heavy atom. The van der Waals surface area contributed by atoms with Crippen LogP contribution in [0.1, 0.15) is 46.0 Å². The predicted molar refractivity (Wildman–Crippen MR) is 87.0 cm³/mol. The van der Waals surface area contributed by atoms with Gasteiger partial charge < -0.3 is 14.9 Å². The average Bonchev–Trinajstić information content (AvgIpc) is 2.50. The van der Waals surface area contributed by atoms with Crippen molar-refractivity contribution in [1.82, 2.24) is 9.80 Å². The molecule has 0 spiro atoms. The summed E-state index contributed by atoms with van der Waals surface area (Å²) in [6.07, 6.45) is 6.20. The summed E-state index contributed by atoms with van der Waals surface area (Å²) in [6.45, 7) is 16.0. The van der Waals surface area contributed by atoms with E-state index in [1.54, 1.807) is 0 Å². The molecule has 3 heteroatoms. The standard InChI is InChI=1S/C17H34N2O/c1-4-17(16(3)15-20)9-7-6-8-10-19-13-11-18(5-2)12-14-19/h17,20H,3-15H2,1-2H3/t17-/m1/s1. The third-order valence-electron chi connectivity index (χ3n) is 4.71. The van der Waals surface area contributed by atoms with Crippen molar-refractivity contribution < 1.29 is 5.11 Å². The highest BCUT2D eigenvalue weighted by Gasteiger charge is 2.14. The summed E-state index contributed by atoms with van der Waals surface area (Å²) in [7, 11) is 0. The van der Waals surface area contributed by atoms with Crippen molar-refractivity contribution in [3.05, 3.63) is 12.2 Å². The van der Waals surface area contributed by atoms with Gasteiger partial charge in [-0.3, -0.25) is 0 Å². The highest BCUT2D eigenvalue weighted by molar-refractivity contribution is 4.99. The molecule has 1 atom stereocenters. The molecule has 0 amide bonds. The van der Waals surface area contributed by atoms with Crippen LogP contribution in [-0.4, -0.2) is 60.8 Å². The lowest BCUT2D eigenvalue weighted by molar-refractivity contribution is 0.135. The molecule has 118 valence electrons. The van der Waals surface area contributed by atoms with Crippen molar-refractivity contribution >= 4 is 0 Å². The Hall–Kier alpha value is -0.380. The summed E-state index contributed by atoms with van der Waals surface area (Å²) >= 11 is 0. The molecule has 0 unspecified atom stereocenters. The van der Waals surface area contributed by atoms with Gasteiger partial charge in [-0.1, -0.05) is 33.3 Å². The van der Waals surface area contributed by atoms with E-state index in [1.165, 1.54) is 65.0 Å². The zero-order valence-electron chi connectivity index (χ0n) is 13.6. The molecule has 1 aliphatic rings. The molecule has 0 aliphatic carbocycles. The molecule has 0 radical (unpaired) electrons. The highest BCUT2D eigenvalue weighted by Crippen LogP contribution is 2.20. The lowest BCUT2D eigenvalue weighted by Crippen LogP contribution is -2.46. The van der Waals surface area contributed by atoms with Gasteiger partial charge in [0, 0.05) is 26.2 Å². The van der Waals surface area contributed by atoms with Crippen LogP contribution in [0, 0.1) is 5.92 Å². The molecular formula is C17H34N2O. The van der Waals surface area contributed by atoms with Crippen LogP contribution in [0.4, 0.5) is 0 Å². The summed E-state index contributed by atoms with van der Waals surface area (Å²) in [5.74, 6) is 0.521. The van der Waals surface area contributed by atoms with Gasteiger partial charge in [0.2, 0.25) is 0 Å². The fourth-order valence-corrected chi connectivity index (χ4v) is 3.06. The number of piperazine rings is 1. The molecule has 20 heavy (non-hydrogen) atoms. The van der Waals surface area contributed by atoms with Gasteiger partial charge in [-0.2, -0.15) is 0 Å². The number of likely N-dealkylation sites (N-methyl/N-ethyl adjacent to an activating group) is 1. The van der Waals surface area contributed by atoms with E-state index in [0.717, 1.165) is 12.0 Å². The average molecular weight is 282 g/mol. The Balaban J connectivity index is 2.03. The zero-order valence-corrected chi connectivity index (χ0v) is 13.6. The molecule has 0 aromatic heterocycles. The molecule has 1 rings (SSSR count). The van der Waals surface area contributed by atoms with E-state index in [9.17, 15) is 0 Å². The topological polar surface area (TPSA) is 26.7 Å². The molecule has 1 aliphatic heterocycles. The van der Waals surface area contributed by atoms with E-state index in [0.29, 0.717) is 5.92 Å². The van der Waals surface area contributed by atoms with E-state index < -0.39 is 0 Å². The maximum Gasteiger partial charge on any atom is 0.0641 e. The Labute approximate surface area is 125 Å². The molecule has 1 N–H and O–H groups in total. The first-order chi connectivity index (χ1) is 9.71. The lowest BCUT2D eigenvalue weighted by Gasteiger charge is -2.34. The first kappa shape index (κ1) is 17.7. The first-order valence-electron chi connectivity index (χ1n) is 8.44. The minimum Gasteiger partial charge on any atom is -0.392 e. The Bertz CT molecular complexity index is 260. The smallest absolute Gasteiger partial charge is 0.0641 e. The van der Waals surface area contributed by atoms with Gasteiger partial charge in [0.1, 0.15) is 0 Å². The second kappa shape index (κ2) is 10.4. The normalized spacial score (nSPS) is 19.1. The maximum absolute atomic E-state index is 9.14. The van der Waals surface area contributed by atoms with Crippen molar-refractivity contribution in [1.29, 1.82) is 0 Å². The Morgan fingerprint density at radius 1 is 1.05 bits per heavy atom. The van der Waals surface area contributed by atoms with Crippen molar-refractivity contribution in [2.24, 2.45) is 5.92 Å². The predicted octanol–water partition coefficient (Wildman–Crippen LogP) is 2.76. The molecular weight excluding hydrogens is 248 g/mol. The van der Waals surface area contributed by atoms with Crippen molar-refractivity contribution in [2.75, 3.05) is 45.9 Å². The second-order valence-corrected chi connectivity index (χ2v) is 6.05. The third kappa shape index (κ3) is 6.38. The van der Waals surface area contributed by atoms with E-state index in [4.69, 9.17) is 5.11 Å². The molecule has 0 saturated carbocycles. The van der Waals surface area contributed by atoms with Crippen LogP contribution >= 0.6 is 0 Å². The van der Waals surface area contributed by atoms with Crippen LogP contribution in [0.5, 0.6) is 0 Å². The van der Waals surface area contributed by atoms with Crippen LogP contribution in [0.15, 0.2) is 12.2 Å². The van der Waals surface area contributed by atoms with Gasteiger partial charge in [0.25, 0.3) is 0 Å². The molecule has 0 aromatic carbocycles. The largest absolute Gasteiger partial charge is 0.392 e.